The van der Waals surface area contributed by atoms with E-state index in [1.54, 1.807) is 0 Å². The van der Waals surface area contributed by atoms with Crippen molar-refractivity contribution in [2.75, 3.05) is 32.7 Å². The summed E-state index contributed by atoms with van der Waals surface area (Å²) in [4.78, 5) is 9.72. The van der Waals surface area contributed by atoms with Gasteiger partial charge in [0, 0.05) is 26.2 Å². The summed E-state index contributed by atoms with van der Waals surface area (Å²) in [6, 6.07) is 2.31. The van der Waals surface area contributed by atoms with Crippen molar-refractivity contribution < 1.29 is 0 Å². The van der Waals surface area contributed by atoms with E-state index in [1.807, 2.05) is 0 Å². The largest absolute Gasteiger partial charge is 0.384 e. The molecule has 1 saturated heterocycles. The third-order valence-electron chi connectivity index (χ3n) is 5.21. The fraction of sp³-hybridized carbons (Fsp3) is 0.750. The number of nitriles is 1. The molecule has 0 atom stereocenters. The van der Waals surface area contributed by atoms with Gasteiger partial charge in [-0.15, -0.1) is 0 Å². The first-order chi connectivity index (χ1) is 10.7. The molecule has 1 saturated carbocycles. The maximum atomic E-state index is 9.52. The standard InChI is InChI=1S/C16H26N6/c1-2-21-8-10-22(11-9-21)15-19-14(18)13(12-17)16(20-15)6-4-3-5-7-16/h2-11,18H2,1H3,(H,19,20). The highest BCUT2D eigenvalue weighted by Crippen LogP contribution is 2.39. The number of hydrogen-bond acceptors (Lipinski definition) is 6. The Labute approximate surface area is 132 Å². The smallest absolute Gasteiger partial charge is 0.200 e. The first-order valence-electron chi connectivity index (χ1n) is 8.43. The summed E-state index contributed by atoms with van der Waals surface area (Å²) in [5.74, 6) is 1.38. The lowest BCUT2D eigenvalue weighted by atomic mass is 9.76. The Hall–Kier alpha value is -1.74. The summed E-state index contributed by atoms with van der Waals surface area (Å²) >= 11 is 0. The van der Waals surface area contributed by atoms with E-state index in [0.717, 1.165) is 64.4 Å². The summed E-state index contributed by atoms with van der Waals surface area (Å²) in [5.41, 5.74) is 6.44. The van der Waals surface area contributed by atoms with E-state index in [9.17, 15) is 5.26 Å². The van der Waals surface area contributed by atoms with Gasteiger partial charge in [-0.05, 0) is 19.4 Å². The quantitative estimate of drug-likeness (QED) is 0.755. The number of nitrogens with one attached hydrogen (secondary N) is 1. The van der Waals surface area contributed by atoms with Crippen LogP contribution < -0.4 is 11.1 Å². The van der Waals surface area contributed by atoms with Crippen LogP contribution in [0.15, 0.2) is 16.4 Å². The Morgan fingerprint density at radius 3 is 2.50 bits per heavy atom. The predicted octanol–water partition coefficient (Wildman–Crippen LogP) is 0.980. The highest BCUT2D eigenvalue weighted by Gasteiger charge is 2.41. The fourth-order valence-electron chi connectivity index (χ4n) is 3.81. The van der Waals surface area contributed by atoms with Crippen LogP contribution in [-0.2, 0) is 0 Å². The van der Waals surface area contributed by atoms with E-state index in [4.69, 9.17) is 10.7 Å². The van der Waals surface area contributed by atoms with Gasteiger partial charge in [0.05, 0.1) is 5.57 Å². The minimum Gasteiger partial charge on any atom is -0.384 e. The average molecular weight is 302 g/mol. The third-order valence-corrected chi connectivity index (χ3v) is 5.21. The summed E-state index contributed by atoms with van der Waals surface area (Å²) < 4.78 is 0. The molecule has 0 radical (unpaired) electrons. The molecule has 1 spiro atoms. The summed E-state index contributed by atoms with van der Waals surface area (Å²) in [5, 5.41) is 12.7. The number of rotatable bonds is 1. The average Bonchev–Trinajstić information content (AvgIpc) is 2.55. The van der Waals surface area contributed by atoms with E-state index in [-0.39, 0.29) is 5.54 Å². The lowest BCUT2D eigenvalue weighted by molar-refractivity contribution is 0.184. The Morgan fingerprint density at radius 1 is 1.23 bits per heavy atom. The van der Waals surface area contributed by atoms with Crippen molar-refractivity contribution in [2.24, 2.45) is 10.7 Å². The van der Waals surface area contributed by atoms with E-state index < -0.39 is 0 Å². The van der Waals surface area contributed by atoms with Crippen LogP contribution in [0.1, 0.15) is 39.0 Å². The van der Waals surface area contributed by atoms with Crippen LogP contribution >= 0.6 is 0 Å². The first-order valence-corrected chi connectivity index (χ1v) is 8.43. The number of nitrogens with zero attached hydrogens (tertiary/aromatic N) is 4. The van der Waals surface area contributed by atoms with E-state index in [2.05, 4.69) is 28.1 Å². The number of hydrogen-bond donors (Lipinski definition) is 2. The van der Waals surface area contributed by atoms with Crippen molar-refractivity contribution in [2.45, 2.75) is 44.6 Å². The van der Waals surface area contributed by atoms with Gasteiger partial charge in [0.25, 0.3) is 0 Å². The Bertz CT molecular complexity index is 515. The molecule has 0 unspecified atom stereocenters. The maximum absolute atomic E-state index is 9.52. The van der Waals surface area contributed by atoms with Gasteiger partial charge in [-0.1, -0.05) is 26.2 Å². The van der Waals surface area contributed by atoms with Crippen LogP contribution in [-0.4, -0.2) is 54.0 Å². The molecule has 0 amide bonds. The molecule has 6 nitrogen and oxygen atoms in total. The monoisotopic (exact) mass is 302 g/mol. The molecule has 0 aromatic rings. The molecule has 3 N–H and O–H groups in total. The third kappa shape index (κ3) is 2.66. The number of nitrogens with two attached hydrogens (primary N) is 1. The fourth-order valence-corrected chi connectivity index (χ4v) is 3.81. The zero-order chi connectivity index (χ0) is 15.6. The number of likely N-dealkylation sites (N-methyl/N-ethyl adjacent to an activating group) is 1. The van der Waals surface area contributed by atoms with Crippen molar-refractivity contribution in [3.63, 3.8) is 0 Å². The zero-order valence-electron chi connectivity index (χ0n) is 13.4. The Balaban J connectivity index is 1.83. The number of guanidine groups is 1. The van der Waals surface area contributed by atoms with Gasteiger partial charge in [-0.3, -0.25) is 0 Å². The van der Waals surface area contributed by atoms with E-state index in [0.29, 0.717) is 11.4 Å². The van der Waals surface area contributed by atoms with Crippen molar-refractivity contribution in [3.05, 3.63) is 11.4 Å². The van der Waals surface area contributed by atoms with Crippen molar-refractivity contribution in [1.29, 1.82) is 5.26 Å². The summed E-state index contributed by atoms with van der Waals surface area (Å²) in [7, 11) is 0. The van der Waals surface area contributed by atoms with Crippen LogP contribution in [0.3, 0.4) is 0 Å². The summed E-state index contributed by atoms with van der Waals surface area (Å²) in [6.07, 6.45) is 5.36. The summed E-state index contributed by atoms with van der Waals surface area (Å²) in [6.45, 7) is 7.33. The maximum Gasteiger partial charge on any atom is 0.200 e. The topological polar surface area (TPSA) is 80.7 Å². The van der Waals surface area contributed by atoms with Crippen LogP contribution in [0, 0.1) is 11.3 Å². The van der Waals surface area contributed by atoms with Gasteiger partial charge in [0.2, 0.25) is 5.96 Å². The minimum atomic E-state index is -0.375. The molecule has 2 fully saturated rings. The van der Waals surface area contributed by atoms with Crippen molar-refractivity contribution in [3.8, 4) is 6.07 Å². The normalized spacial score (nSPS) is 25.6. The SMILES string of the molecule is CCN1CCN(C2=NC3(CCCCC3)C(C#N)=C(N)N2)CC1. The second-order valence-corrected chi connectivity index (χ2v) is 6.47. The molecule has 0 aromatic carbocycles. The number of piperazine rings is 1. The Morgan fingerprint density at radius 2 is 1.91 bits per heavy atom. The van der Waals surface area contributed by atoms with E-state index >= 15 is 0 Å². The molecular weight excluding hydrogens is 276 g/mol. The van der Waals surface area contributed by atoms with Gasteiger partial charge in [-0.2, -0.15) is 5.26 Å². The molecule has 2 aliphatic heterocycles. The van der Waals surface area contributed by atoms with Crippen LogP contribution in [0.2, 0.25) is 0 Å². The molecule has 2 heterocycles. The predicted molar refractivity (Wildman–Crippen MR) is 86.9 cm³/mol. The highest BCUT2D eigenvalue weighted by atomic mass is 15.4. The molecule has 22 heavy (non-hydrogen) atoms. The molecule has 0 aromatic heterocycles. The lowest BCUT2D eigenvalue weighted by Crippen LogP contribution is -2.56. The Kier molecular flexibility index (Phi) is 4.25. The van der Waals surface area contributed by atoms with Crippen molar-refractivity contribution in [1.82, 2.24) is 15.1 Å². The molecule has 1 aliphatic carbocycles. The zero-order valence-corrected chi connectivity index (χ0v) is 13.4. The van der Waals surface area contributed by atoms with Gasteiger partial charge < -0.3 is 20.9 Å². The highest BCUT2D eigenvalue weighted by molar-refractivity contribution is 5.84. The first kappa shape index (κ1) is 15.2. The molecule has 0 bridgehead atoms. The van der Waals surface area contributed by atoms with Gasteiger partial charge in [0.1, 0.15) is 17.4 Å². The molecule has 120 valence electrons. The van der Waals surface area contributed by atoms with Crippen LogP contribution in [0.25, 0.3) is 0 Å². The second-order valence-electron chi connectivity index (χ2n) is 6.47. The lowest BCUT2D eigenvalue weighted by Gasteiger charge is -2.42. The molecule has 3 rings (SSSR count). The van der Waals surface area contributed by atoms with Crippen LogP contribution in [0.4, 0.5) is 0 Å². The van der Waals surface area contributed by atoms with Crippen LogP contribution in [0.5, 0.6) is 0 Å². The number of aliphatic imine (C=N–C) groups is 1. The van der Waals surface area contributed by atoms with Crippen molar-refractivity contribution >= 4 is 5.96 Å². The van der Waals surface area contributed by atoms with Gasteiger partial charge >= 0.3 is 0 Å². The molecule has 6 heteroatoms. The second kappa shape index (κ2) is 6.17. The van der Waals surface area contributed by atoms with Gasteiger partial charge in [0.15, 0.2) is 0 Å². The minimum absolute atomic E-state index is 0.375. The molecule has 3 aliphatic rings. The van der Waals surface area contributed by atoms with Gasteiger partial charge in [-0.25, -0.2) is 4.99 Å². The van der Waals surface area contributed by atoms with E-state index in [1.165, 1.54) is 6.42 Å². The molecular formula is C16H26N6.